The molecule has 0 saturated heterocycles. The topological polar surface area (TPSA) is 21.6 Å². The number of hydrogen-bond donors (Lipinski definition) is 0. The molecule has 1 aliphatic rings. The van der Waals surface area contributed by atoms with Crippen LogP contribution in [0.2, 0.25) is 0 Å². The van der Waals surface area contributed by atoms with Crippen LogP contribution in [0.5, 0.6) is 5.75 Å². The third-order valence-corrected chi connectivity index (χ3v) is 2.45. The van der Waals surface area contributed by atoms with Crippen LogP contribution in [0.15, 0.2) is 29.3 Å². The lowest BCUT2D eigenvalue weighted by atomic mass is 10.1. The highest BCUT2D eigenvalue weighted by molar-refractivity contribution is 5.98. The van der Waals surface area contributed by atoms with E-state index in [1.807, 2.05) is 0 Å². The van der Waals surface area contributed by atoms with Crippen LogP contribution in [0.1, 0.15) is 0 Å². The molecule has 0 aromatic heterocycles. The number of benzene rings is 1. The molecule has 0 N–H and O–H groups in total. The number of ether oxygens (including phenoxy) is 1. The van der Waals surface area contributed by atoms with Crippen LogP contribution in [-0.4, -0.2) is 30.6 Å². The molecule has 2 nitrogen and oxygen atoms in total. The maximum absolute atomic E-state index is 13.2. The second-order valence-corrected chi connectivity index (χ2v) is 3.78. The van der Waals surface area contributed by atoms with Gasteiger partial charge in [0.2, 0.25) is 6.17 Å². The van der Waals surface area contributed by atoms with Gasteiger partial charge >= 0.3 is 6.18 Å². The molecule has 2 rings (SSSR count). The monoisotopic (exact) mass is 283 g/mol. The van der Waals surface area contributed by atoms with E-state index in [1.54, 1.807) is 0 Å². The minimum atomic E-state index is -5.04. The van der Waals surface area contributed by atoms with Crippen molar-refractivity contribution in [2.75, 3.05) is 0 Å². The molecule has 0 bridgehead atoms. The van der Waals surface area contributed by atoms with Crippen LogP contribution in [0.25, 0.3) is 0 Å². The summed E-state index contributed by atoms with van der Waals surface area (Å²) in [7, 11) is 0. The van der Waals surface area contributed by atoms with E-state index in [4.69, 9.17) is 0 Å². The van der Waals surface area contributed by atoms with E-state index >= 15 is 0 Å². The maximum Gasteiger partial charge on any atom is 0.433 e. The largest absolute Gasteiger partial charge is 0.479 e. The van der Waals surface area contributed by atoms with Gasteiger partial charge in [-0.25, -0.2) is 18.2 Å². The number of hydrogen-bond acceptors (Lipinski definition) is 2. The van der Waals surface area contributed by atoms with Crippen LogP contribution < -0.4 is 4.74 Å². The van der Waals surface area contributed by atoms with Gasteiger partial charge in [0, 0.05) is 0 Å². The Bertz CT molecular complexity index is 498. The van der Waals surface area contributed by atoms with Crippen molar-refractivity contribution in [3.05, 3.63) is 24.3 Å². The SMILES string of the molecule is FC(F)C(F)C1Oc2ccccc2N=C1C(F)(F)F. The summed E-state index contributed by atoms with van der Waals surface area (Å²) in [5, 5.41) is 0. The molecule has 1 aromatic carbocycles. The number of halogens is 6. The van der Waals surface area contributed by atoms with Gasteiger partial charge < -0.3 is 4.74 Å². The van der Waals surface area contributed by atoms with Crippen molar-refractivity contribution in [1.82, 2.24) is 0 Å². The Kier molecular flexibility index (Phi) is 3.42. The van der Waals surface area contributed by atoms with E-state index < -0.39 is 30.6 Å². The lowest BCUT2D eigenvalue weighted by Gasteiger charge is -2.28. The minimum Gasteiger partial charge on any atom is -0.479 e. The van der Waals surface area contributed by atoms with E-state index in [9.17, 15) is 26.3 Å². The normalized spacial score (nSPS) is 20.6. The number of alkyl halides is 6. The molecule has 0 radical (unpaired) electrons. The quantitative estimate of drug-likeness (QED) is 0.759. The third-order valence-electron chi connectivity index (χ3n) is 2.45. The van der Waals surface area contributed by atoms with E-state index in [-0.39, 0.29) is 11.4 Å². The molecule has 19 heavy (non-hydrogen) atoms. The average Bonchev–Trinajstić information content (AvgIpc) is 2.35. The second kappa shape index (κ2) is 4.75. The number of para-hydroxylation sites is 2. The summed E-state index contributed by atoms with van der Waals surface area (Å²) < 4.78 is 80.5. The zero-order valence-corrected chi connectivity index (χ0v) is 9.16. The minimum absolute atomic E-state index is 0.163. The molecule has 0 fully saturated rings. The first-order valence-electron chi connectivity index (χ1n) is 5.14. The van der Waals surface area contributed by atoms with Crippen LogP contribution >= 0.6 is 0 Å². The first-order valence-corrected chi connectivity index (χ1v) is 5.14. The summed E-state index contributed by atoms with van der Waals surface area (Å²) in [5.74, 6) is -0.163. The molecule has 1 heterocycles. The van der Waals surface area contributed by atoms with Gasteiger partial charge in [-0.3, -0.25) is 0 Å². The lowest BCUT2D eigenvalue weighted by molar-refractivity contribution is -0.0748. The Morgan fingerprint density at radius 3 is 2.32 bits per heavy atom. The number of nitrogens with zero attached hydrogens (tertiary/aromatic N) is 1. The van der Waals surface area contributed by atoms with Crippen molar-refractivity contribution in [3.63, 3.8) is 0 Å². The standard InChI is InChI=1S/C11H7F6NO/c12-7(10(13)14)8-9(11(15,16)17)18-5-3-1-2-4-6(5)19-8/h1-4,7-8,10H. The van der Waals surface area contributed by atoms with Crippen molar-refractivity contribution < 1.29 is 31.1 Å². The predicted molar refractivity (Wildman–Crippen MR) is 54.9 cm³/mol. The van der Waals surface area contributed by atoms with Gasteiger partial charge in [0.25, 0.3) is 6.43 Å². The van der Waals surface area contributed by atoms with E-state index in [2.05, 4.69) is 9.73 Å². The van der Waals surface area contributed by atoms with Crippen molar-refractivity contribution in [1.29, 1.82) is 0 Å². The number of fused-ring (bicyclic) bond motifs is 1. The van der Waals surface area contributed by atoms with Gasteiger partial charge in [-0.15, -0.1) is 0 Å². The molecular weight excluding hydrogens is 276 g/mol. The summed E-state index contributed by atoms with van der Waals surface area (Å²) in [6.07, 6.45) is -14.2. The molecular formula is C11H7F6NO. The third kappa shape index (κ3) is 2.66. The first-order chi connectivity index (χ1) is 8.80. The van der Waals surface area contributed by atoms with Crippen LogP contribution in [-0.2, 0) is 0 Å². The van der Waals surface area contributed by atoms with Gasteiger partial charge in [0.1, 0.15) is 11.4 Å². The smallest absolute Gasteiger partial charge is 0.433 e. The molecule has 104 valence electrons. The molecule has 0 spiro atoms. The summed E-state index contributed by atoms with van der Waals surface area (Å²) in [6.45, 7) is 0. The summed E-state index contributed by atoms with van der Waals surface area (Å²) in [6, 6.07) is 5.27. The van der Waals surface area contributed by atoms with Gasteiger partial charge in [-0.1, -0.05) is 12.1 Å². The maximum atomic E-state index is 13.2. The molecule has 0 saturated carbocycles. The average molecular weight is 283 g/mol. The van der Waals surface area contributed by atoms with Crippen LogP contribution in [0, 0.1) is 0 Å². The predicted octanol–water partition coefficient (Wildman–Crippen LogP) is 3.69. The first kappa shape index (κ1) is 13.7. The lowest BCUT2D eigenvalue weighted by Crippen LogP contribution is -2.48. The number of aliphatic imine (C=N–C) groups is 1. The Labute approximate surface area is 103 Å². The van der Waals surface area contributed by atoms with Crippen LogP contribution in [0.3, 0.4) is 0 Å². The van der Waals surface area contributed by atoms with Gasteiger partial charge in [-0.2, -0.15) is 13.2 Å². The molecule has 2 atom stereocenters. The molecule has 2 unspecified atom stereocenters. The highest BCUT2D eigenvalue weighted by atomic mass is 19.4. The zero-order valence-electron chi connectivity index (χ0n) is 9.16. The highest BCUT2D eigenvalue weighted by Crippen LogP contribution is 2.38. The summed E-state index contributed by atoms with van der Waals surface area (Å²) in [4.78, 5) is 3.19. The fraction of sp³-hybridized carbons (Fsp3) is 0.364. The van der Waals surface area contributed by atoms with Crippen molar-refractivity contribution in [3.8, 4) is 5.75 Å². The Balaban J connectivity index is 2.46. The zero-order chi connectivity index (χ0) is 14.2. The van der Waals surface area contributed by atoms with Gasteiger partial charge in [-0.05, 0) is 12.1 Å². The molecule has 0 aliphatic carbocycles. The fourth-order valence-electron chi connectivity index (χ4n) is 1.61. The van der Waals surface area contributed by atoms with Crippen LogP contribution in [0.4, 0.5) is 32.0 Å². The summed E-state index contributed by atoms with van der Waals surface area (Å²) in [5.41, 5.74) is -1.87. The second-order valence-electron chi connectivity index (χ2n) is 3.78. The fourth-order valence-corrected chi connectivity index (χ4v) is 1.61. The highest BCUT2D eigenvalue weighted by Gasteiger charge is 2.49. The number of rotatable bonds is 2. The van der Waals surface area contributed by atoms with Gasteiger partial charge in [0.15, 0.2) is 11.8 Å². The van der Waals surface area contributed by atoms with Crippen molar-refractivity contribution in [2.45, 2.75) is 24.9 Å². The summed E-state index contributed by atoms with van der Waals surface area (Å²) >= 11 is 0. The molecule has 0 amide bonds. The Hall–Kier alpha value is -1.73. The van der Waals surface area contributed by atoms with Crippen molar-refractivity contribution in [2.24, 2.45) is 4.99 Å². The van der Waals surface area contributed by atoms with E-state index in [1.165, 1.54) is 24.3 Å². The van der Waals surface area contributed by atoms with Crippen molar-refractivity contribution >= 4 is 11.4 Å². The Morgan fingerprint density at radius 1 is 1.11 bits per heavy atom. The van der Waals surface area contributed by atoms with E-state index in [0.717, 1.165) is 0 Å². The Morgan fingerprint density at radius 2 is 1.74 bits per heavy atom. The van der Waals surface area contributed by atoms with E-state index in [0.29, 0.717) is 0 Å². The van der Waals surface area contributed by atoms with Gasteiger partial charge in [0.05, 0.1) is 0 Å². The molecule has 8 heteroatoms. The molecule has 1 aromatic rings. The molecule has 1 aliphatic heterocycles.